The highest BCUT2D eigenvalue weighted by molar-refractivity contribution is 5.85. The first-order valence-electron chi connectivity index (χ1n) is 12.5. The first-order chi connectivity index (χ1) is 13.3. The average Bonchev–Trinajstić information content (AvgIpc) is 2.99. The molecule has 0 unspecified atom stereocenters. The smallest absolute Gasteiger partial charge is 0.140 e. The zero-order valence-electron chi connectivity index (χ0n) is 19.2. The fourth-order valence-electron chi connectivity index (χ4n) is 8.67. The lowest BCUT2D eigenvalue weighted by atomic mass is 9.45. The summed E-state index contributed by atoms with van der Waals surface area (Å²) in [5.41, 5.74) is 0.740. The Hall–Kier alpha value is -0.590. The van der Waals surface area contributed by atoms with Crippen molar-refractivity contribution in [2.75, 3.05) is 0 Å². The summed E-state index contributed by atoms with van der Waals surface area (Å²) in [6, 6.07) is 0. The Morgan fingerprint density at radius 2 is 1.75 bits per heavy atom. The van der Waals surface area contributed by atoms with Crippen LogP contribution in [0.5, 0.6) is 0 Å². The third-order valence-corrected chi connectivity index (χ3v) is 10.2. The van der Waals surface area contributed by atoms with Crippen LogP contribution in [0.3, 0.4) is 0 Å². The fraction of sp³-hybridized carbons (Fsp3) is 0.889. The van der Waals surface area contributed by atoms with Crippen LogP contribution in [0.1, 0.15) is 98.8 Å². The van der Waals surface area contributed by atoms with Gasteiger partial charge < -0.3 is 0 Å². The number of carbonyl (C=O) groups excluding carboxylic acids is 1. The van der Waals surface area contributed by atoms with Crippen LogP contribution in [-0.4, -0.2) is 5.78 Å². The Bertz CT molecular complexity index is 618. The molecule has 3 fully saturated rings. The van der Waals surface area contributed by atoms with Crippen LogP contribution in [0.4, 0.5) is 0 Å². The van der Waals surface area contributed by atoms with Gasteiger partial charge in [-0.1, -0.05) is 66.0 Å². The van der Waals surface area contributed by atoms with Crippen LogP contribution in [0.25, 0.3) is 0 Å². The van der Waals surface area contributed by atoms with E-state index in [-0.39, 0.29) is 11.3 Å². The molecule has 0 heterocycles. The molecule has 3 saturated carbocycles. The lowest BCUT2D eigenvalue weighted by Crippen LogP contribution is -2.55. The van der Waals surface area contributed by atoms with E-state index >= 15 is 0 Å². The van der Waals surface area contributed by atoms with Crippen LogP contribution in [0.15, 0.2) is 12.2 Å². The van der Waals surface area contributed by atoms with Gasteiger partial charge in [0.15, 0.2) is 0 Å². The van der Waals surface area contributed by atoms with Crippen molar-refractivity contribution in [3.63, 3.8) is 0 Å². The van der Waals surface area contributed by atoms with Crippen molar-refractivity contribution in [2.24, 2.45) is 52.3 Å². The second-order valence-electron chi connectivity index (χ2n) is 12.0. The predicted octanol–water partition coefficient (Wildman–Crippen LogP) is 7.45. The van der Waals surface area contributed by atoms with E-state index in [2.05, 4.69) is 46.8 Å². The first-order valence-corrected chi connectivity index (χ1v) is 12.5. The Morgan fingerprint density at radius 3 is 2.50 bits per heavy atom. The quantitative estimate of drug-likeness (QED) is 0.450. The molecule has 1 nitrogen and oxygen atoms in total. The molecule has 0 aromatic carbocycles. The van der Waals surface area contributed by atoms with Crippen LogP contribution in [0, 0.1) is 52.3 Å². The first kappa shape index (κ1) is 20.7. The van der Waals surface area contributed by atoms with Gasteiger partial charge in [0.2, 0.25) is 0 Å². The average molecular weight is 385 g/mol. The van der Waals surface area contributed by atoms with Crippen LogP contribution >= 0.6 is 0 Å². The maximum absolute atomic E-state index is 13.2. The lowest BCUT2D eigenvalue weighted by molar-refractivity contribution is -0.146. The van der Waals surface area contributed by atoms with Crippen molar-refractivity contribution in [1.82, 2.24) is 0 Å². The van der Waals surface area contributed by atoms with E-state index in [0.717, 1.165) is 36.0 Å². The Labute approximate surface area is 174 Å². The van der Waals surface area contributed by atoms with Crippen molar-refractivity contribution in [3.05, 3.63) is 12.2 Å². The van der Waals surface area contributed by atoms with Crippen LogP contribution in [-0.2, 0) is 4.79 Å². The number of hydrogen-bond acceptors (Lipinski definition) is 1. The van der Waals surface area contributed by atoms with Gasteiger partial charge in [0.05, 0.1) is 0 Å². The highest BCUT2D eigenvalue weighted by atomic mass is 16.1. The summed E-state index contributed by atoms with van der Waals surface area (Å²) in [4.78, 5) is 13.2. The van der Waals surface area contributed by atoms with Crippen LogP contribution in [0.2, 0.25) is 0 Å². The molecule has 158 valence electrons. The van der Waals surface area contributed by atoms with Gasteiger partial charge in [-0.3, -0.25) is 4.79 Å². The normalized spacial score (nSPS) is 46.2. The molecule has 0 amide bonds. The number of rotatable bonds is 5. The molecule has 4 aliphatic carbocycles. The largest absolute Gasteiger partial charge is 0.299 e. The number of carbonyl (C=O) groups is 1. The van der Waals surface area contributed by atoms with Gasteiger partial charge >= 0.3 is 0 Å². The summed E-state index contributed by atoms with van der Waals surface area (Å²) in [5, 5.41) is 0. The van der Waals surface area contributed by atoms with E-state index in [1.165, 1.54) is 57.8 Å². The molecular weight excluding hydrogens is 340 g/mol. The van der Waals surface area contributed by atoms with E-state index in [0.29, 0.717) is 17.1 Å². The molecule has 0 aliphatic heterocycles. The van der Waals surface area contributed by atoms with Gasteiger partial charge in [-0.25, -0.2) is 0 Å². The number of fused-ring (bicyclic) bond motifs is 5. The van der Waals surface area contributed by atoms with Crippen molar-refractivity contribution < 1.29 is 4.79 Å². The number of allylic oxidation sites excluding steroid dienone is 2. The molecular formula is C27H44O. The van der Waals surface area contributed by atoms with Gasteiger partial charge in [-0.15, -0.1) is 0 Å². The molecule has 4 rings (SSSR count). The highest BCUT2D eigenvalue weighted by Crippen LogP contribution is 2.67. The summed E-state index contributed by atoms with van der Waals surface area (Å²) in [5.74, 6) is 5.62. The number of Topliss-reactive ketones (excluding diaryl/α,β-unsaturated/α-hetero) is 1. The van der Waals surface area contributed by atoms with Crippen molar-refractivity contribution in [1.29, 1.82) is 0 Å². The minimum atomic E-state index is 0.221. The minimum Gasteiger partial charge on any atom is -0.299 e. The third kappa shape index (κ3) is 3.24. The van der Waals surface area contributed by atoms with E-state index < -0.39 is 0 Å². The molecule has 0 aromatic rings. The monoisotopic (exact) mass is 384 g/mol. The summed E-state index contributed by atoms with van der Waals surface area (Å²) < 4.78 is 0. The van der Waals surface area contributed by atoms with Gasteiger partial charge in [-0.05, 0) is 84.9 Å². The third-order valence-electron chi connectivity index (χ3n) is 10.2. The van der Waals surface area contributed by atoms with E-state index in [9.17, 15) is 4.79 Å². The molecule has 0 bridgehead atoms. The second kappa shape index (κ2) is 7.59. The maximum Gasteiger partial charge on any atom is 0.140 e. The van der Waals surface area contributed by atoms with Gasteiger partial charge in [0.25, 0.3) is 0 Å². The molecule has 0 radical (unpaired) electrons. The zero-order valence-corrected chi connectivity index (χ0v) is 19.2. The molecule has 0 aromatic heterocycles. The summed E-state index contributed by atoms with van der Waals surface area (Å²) >= 11 is 0. The molecule has 28 heavy (non-hydrogen) atoms. The molecule has 0 N–H and O–H groups in total. The van der Waals surface area contributed by atoms with E-state index in [1.807, 2.05) is 0 Å². The Morgan fingerprint density at radius 1 is 1.00 bits per heavy atom. The Balaban J connectivity index is 1.51. The topological polar surface area (TPSA) is 17.1 Å². The standard InChI is InChI=1S/C27H44O/c1-18(2)9-8-10-19(3)21-12-13-22-20-17-25(28)24-11-6-7-15-26(24,4)23(20)14-16-27(21,22)5/h6,11,18-24H,7-10,12-17H2,1-5H3/t19-,20+,21-,22+,23+,24+,26-,27-/m1/s1. The number of ketones is 1. The summed E-state index contributed by atoms with van der Waals surface area (Å²) in [7, 11) is 0. The maximum atomic E-state index is 13.2. The summed E-state index contributed by atoms with van der Waals surface area (Å²) in [6.45, 7) is 12.4. The van der Waals surface area contributed by atoms with Gasteiger partial charge in [-0.2, -0.15) is 0 Å². The fourth-order valence-corrected chi connectivity index (χ4v) is 8.67. The van der Waals surface area contributed by atoms with Gasteiger partial charge in [0, 0.05) is 12.3 Å². The highest BCUT2D eigenvalue weighted by Gasteiger charge is 2.61. The van der Waals surface area contributed by atoms with Crippen molar-refractivity contribution >= 4 is 5.78 Å². The second-order valence-corrected chi connectivity index (χ2v) is 12.0. The van der Waals surface area contributed by atoms with E-state index in [4.69, 9.17) is 0 Å². The molecule has 0 spiro atoms. The molecule has 8 atom stereocenters. The molecule has 1 heteroatoms. The zero-order chi connectivity index (χ0) is 20.1. The van der Waals surface area contributed by atoms with Crippen molar-refractivity contribution in [3.8, 4) is 0 Å². The Kier molecular flexibility index (Phi) is 5.60. The lowest BCUT2D eigenvalue weighted by Gasteiger charge is -2.59. The SMILES string of the molecule is CC(C)CCC[C@@H](C)[C@H]1CC[C@H]2[C@@H]3CC(=O)[C@@H]4C=CCC[C@]4(C)[C@H]3CC[C@]12C. The predicted molar refractivity (Wildman–Crippen MR) is 118 cm³/mol. The van der Waals surface area contributed by atoms with Gasteiger partial charge in [0.1, 0.15) is 5.78 Å². The van der Waals surface area contributed by atoms with E-state index in [1.54, 1.807) is 0 Å². The summed E-state index contributed by atoms with van der Waals surface area (Å²) in [6.07, 6.45) is 17.6. The number of hydrogen-bond donors (Lipinski definition) is 0. The minimum absolute atomic E-state index is 0.221. The van der Waals surface area contributed by atoms with Crippen LogP contribution < -0.4 is 0 Å². The molecule has 4 aliphatic rings. The molecule has 0 saturated heterocycles. The van der Waals surface area contributed by atoms with Crippen molar-refractivity contribution in [2.45, 2.75) is 98.8 Å².